The average Bonchev–Trinajstić information content (AvgIpc) is 3.21. The van der Waals surface area contributed by atoms with Crippen LogP contribution in [0.25, 0.3) is 0 Å². The highest BCUT2D eigenvalue weighted by Gasteiger charge is 2.65. The number of nitrogens with one attached hydrogen (secondary N) is 2. The summed E-state index contributed by atoms with van der Waals surface area (Å²) >= 11 is 0. The molecule has 8 atom stereocenters. The van der Waals surface area contributed by atoms with Crippen molar-refractivity contribution in [2.45, 2.75) is 147 Å². The van der Waals surface area contributed by atoms with Gasteiger partial charge >= 0.3 is 11.9 Å². The van der Waals surface area contributed by atoms with Crippen molar-refractivity contribution in [1.82, 2.24) is 4.90 Å². The topological polar surface area (TPSA) is 222 Å². The summed E-state index contributed by atoms with van der Waals surface area (Å²) in [5.41, 5.74) is 14.0. The molecule has 60 heavy (non-hydrogen) atoms. The normalized spacial score (nSPS) is 30.8. The van der Waals surface area contributed by atoms with Crippen LogP contribution < -0.4 is 22.1 Å². The van der Waals surface area contributed by atoms with Crippen LogP contribution in [0, 0.1) is 22.2 Å². The lowest BCUT2D eigenvalue weighted by atomic mass is 9.41. The first kappa shape index (κ1) is 44.9. The fourth-order valence-electron chi connectivity index (χ4n) is 12.2. The number of nitrogens with zero attached hydrogens (tertiary/aromatic N) is 1. The van der Waals surface area contributed by atoms with Crippen molar-refractivity contribution < 1.29 is 39.0 Å². The molecule has 0 saturated heterocycles. The zero-order valence-corrected chi connectivity index (χ0v) is 36.2. The Morgan fingerprint density at radius 1 is 0.850 bits per heavy atom. The second-order valence-electron chi connectivity index (χ2n) is 19.7. The molecule has 0 aromatic heterocycles. The Morgan fingerprint density at radius 3 is 2.15 bits per heavy atom. The Morgan fingerprint density at radius 2 is 1.48 bits per heavy atom. The highest BCUT2D eigenvalue weighted by molar-refractivity contribution is 6.01. The number of carbonyl (C=O) groups excluding carboxylic acids is 4. The third-order valence-corrected chi connectivity index (χ3v) is 16.2. The molecule has 0 unspecified atom stereocenters. The standard InChI is InChI=1S/C47H65N5O8/c1-42-19-7-20-43(2,36(42)15-11-29-10-13-32(26-33(29)42)51-39(58)35(48)14-16-37(54)55)40(59)52(6)41(60)45(4)22-8-21-44(3)34-25-31(12-9-30(34)17-23-46(44,45)5)50-27-47(49,28-53)24-18-38(56)57/h9-10,12-13,25-26,28,35-36,50H,7-8,11,14-24,27,48-49H2,1-6H3,(H,51,58)(H,54,55)(H,56,57)/t35-,36+,42+,43-,44+,45+,46+,47+/m0/s1. The number of carboxylic acids is 2. The minimum absolute atomic E-state index is 0.00751. The van der Waals surface area contributed by atoms with Crippen LogP contribution >= 0.6 is 0 Å². The number of carboxylic acid groups (broad SMARTS) is 2. The van der Waals surface area contributed by atoms with E-state index in [-0.39, 0.29) is 50.0 Å². The van der Waals surface area contributed by atoms with Gasteiger partial charge < -0.3 is 37.1 Å². The van der Waals surface area contributed by atoms with Crippen LogP contribution in [-0.2, 0) is 52.4 Å². The van der Waals surface area contributed by atoms with Gasteiger partial charge in [0.25, 0.3) is 0 Å². The van der Waals surface area contributed by atoms with Crippen LogP contribution in [0.4, 0.5) is 11.4 Å². The minimum atomic E-state index is -1.34. The Balaban J connectivity index is 1.24. The quantitative estimate of drug-likeness (QED) is 0.0945. The summed E-state index contributed by atoms with van der Waals surface area (Å²) in [6, 6.07) is 11.1. The number of imide groups is 1. The van der Waals surface area contributed by atoms with E-state index in [1.165, 1.54) is 16.0 Å². The number of anilines is 2. The minimum Gasteiger partial charge on any atom is -0.481 e. The van der Waals surface area contributed by atoms with Crippen molar-refractivity contribution in [2.24, 2.45) is 33.6 Å². The van der Waals surface area contributed by atoms with Crippen LogP contribution in [0.1, 0.15) is 134 Å². The number of amides is 3. The molecule has 326 valence electrons. The monoisotopic (exact) mass is 827 g/mol. The summed E-state index contributed by atoms with van der Waals surface area (Å²) in [6.45, 7) is 10.9. The van der Waals surface area contributed by atoms with Crippen molar-refractivity contribution in [1.29, 1.82) is 0 Å². The fourth-order valence-corrected chi connectivity index (χ4v) is 12.2. The second-order valence-corrected chi connectivity index (χ2v) is 19.7. The fraction of sp³-hybridized carbons (Fsp3) is 0.617. The highest BCUT2D eigenvalue weighted by Crippen LogP contribution is 2.66. The number of aryl methyl sites for hydroxylation is 2. The average molecular weight is 828 g/mol. The molecule has 2 aromatic rings. The van der Waals surface area contributed by atoms with E-state index in [0.717, 1.165) is 68.2 Å². The van der Waals surface area contributed by atoms with Gasteiger partial charge in [-0.1, -0.05) is 59.6 Å². The number of carbonyl (C=O) groups is 6. The summed E-state index contributed by atoms with van der Waals surface area (Å²) < 4.78 is 0. The van der Waals surface area contributed by atoms with Gasteiger partial charge in [-0.25, -0.2) is 0 Å². The van der Waals surface area contributed by atoms with Gasteiger partial charge in [0.05, 0.1) is 22.4 Å². The summed E-state index contributed by atoms with van der Waals surface area (Å²) in [7, 11) is 1.68. The van der Waals surface area contributed by atoms with E-state index in [1.807, 2.05) is 31.2 Å². The van der Waals surface area contributed by atoms with Crippen LogP contribution in [0.3, 0.4) is 0 Å². The largest absolute Gasteiger partial charge is 0.481 e. The van der Waals surface area contributed by atoms with Crippen LogP contribution in [-0.4, -0.2) is 76.2 Å². The molecule has 0 aliphatic heterocycles. The predicted octanol–water partition coefficient (Wildman–Crippen LogP) is 6.09. The molecular formula is C47H65N5O8. The molecule has 13 heteroatoms. The molecule has 4 aliphatic carbocycles. The molecule has 0 bridgehead atoms. The molecule has 0 spiro atoms. The number of rotatable bonds is 14. The zero-order valence-electron chi connectivity index (χ0n) is 36.2. The lowest BCUT2D eigenvalue weighted by molar-refractivity contribution is -0.171. The van der Waals surface area contributed by atoms with Crippen LogP contribution in [0.2, 0.25) is 0 Å². The smallest absolute Gasteiger partial charge is 0.303 e. The van der Waals surface area contributed by atoms with E-state index in [2.05, 4.69) is 50.5 Å². The number of hydrogen-bond acceptors (Lipinski definition) is 9. The van der Waals surface area contributed by atoms with Gasteiger partial charge in [0.2, 0.25) is 17.7 Å². The van der Waals surface area contributed by atoms with E-state index in [1.54, 1.807) is 7.05 Å². The Labute approximate surface area is 353 Å². The summed E-state index contributed by atoms with van der Waals surface area (Å²) in [5, 5.41) is 24.4. The van der Waals surface area contributed by atoms with Gasteiger partial charge in [0, 0.05) is 37.8 Å². The molecule has 0 heterocycles. The highest BCUT2D eigenvalue weighted by atomic mass is 16.4. The van der Waals surface area contributed by atoms with E-state index in [9.17, 15) is 19.2 Å². The predicted molar refractivity (Wildman–Crippen MR) is 229 cm³/mol. The Bertz CT molecular complexity index is 2070. The van der Waals surface area contributed by atoms with Gasteiger partial charge in [0.15, 0.2) is 0 Å². The lowest BCUT2D eigenvalue weighted by Crippen LogP contribution is -2.64. The molecule has 6 rings (SSSR count). The van der Waals surface area contributed by atoms with E-state index in [4.69, 9.17) is 21.7 Å². The molecule has 8 N–H and O–H groups in total. The Kier molecular flexibility index (Phi) is 12.2. The molecule has 13 nitrogen and oxygen atoms in total. The summed E-state index contributed by atoms with van der Waals surface area (Å²) in [5.74, 6) is -2.82. The van der Waals surface area contributed by atoms with Crippen LogP contribution in [0.5, 0.6) is 0 Å². The van der Waals surface area contributed by atoms with Crippen molar-refractivity contribution >= 4 is 47.3 Å². The van der Waals surface area contributed by atoms with Gasteiger partial charge in [0.1, 0.15) is 6.29 Å². The summed E-state index contributed by atoms with van der Waals surface area (Å²) in [4.78, 5) is 78.9. The van der Waals surface area contributed by atoms with Gasteiger partial charge in [-0.05, 0) is 133 Å². The SMILES string of the molecule is CN(C(=O)[C@@]1(C)CCC[C@]2(C)c3cc(NC(=O)[C@@H](N)CCC(=O)O)ccc3CC[C@@H]12)C(=O)[C@@]1(C)CCC[C@]2(C)c3cc(NC[C@@](N)(C=O)CCC(=O)O)ccc3CC[C@@]12C. The molecule has 0 radical (unpaired) electrons. The molecule has 3 amide bonds. The van der Waals surface area contributed by atoms with Crippen molar-refractivity contribution in [3.8, 4) is 0 Å². The molecule has 2 aromatic carbocycles. The number of fused-ring (bicyclic) bond motifs is 6. The number of nitrogens with two attached hydrogens (primary N) is 2. The first-order chi connectivity index (χ1) is 28.1. The van der Waals surface area contributed by atoms with Crippen molar-refractivity contribution in [3.05, 3.63) is 58.7 Å². The third kappa shape index (κ3) is 7.65. The Hall–Kier alpha value is -4.62. The number of aliphatic carboxylic acids is 2. The first-order valence-corrected chi connectivity index (χ1v) is 21.7. The number of benzene rings is 2. The van der Waals surface area contributed by atoms with Gasteiger partial charge in [-0.3, -0.25) is 28.9 Å². The molecule has 2 saturated carbocycles. The second kappa shape index (κ2) is 16.3. The number of hydrogen-bond donors (Lipinski definition) is 6. The number of aldehydes is 1. The molecule has 4 aliphatic rings. The zero-order chi connectivity index (χ0) is 44.1. The maximum atomic E-state index is 15.2. The molecule has 2 fully saturated rings. The third-order valence-electron chi connectivity index (χ3n) is 16.2. The van der Waals surface area contributed by atoms with E-state index in [0.29, 0.717) is 24.8 Å². The van der Waals surface area contributed by atoms with Gasteiger partial charge in [-0.2, -0.15) is 0 Å². The lowest BCUT2D eigenvalue weighted by Gasteiger charge is -2.63. The van der Waals surface area contributed by atoms with Crippen LogP contribution in [0.15, 0.2) is 36.4 Å². The maximum absolute atomic E-state index is 15.2. The maximum Gasteiger partial charge on any atom is 0.303 e. The molecular weight excluding hydrogens is 763 g/mol. The first-order valence-electron chi connectivity index (χ1n) is 21.7. The van der Waals surface area contributed by atoms with E-state index >= 15 is 9.59 Å². The van der Waals surface area contributed by atoms with Crippen molar-refractivity contribution in [3.63, 3.8) is 0 Å². The summed E-state index contributed by atoms with van der Waals surface area (Å²) in [6.07, 6.45) is 7.96. The van der Waals surface area contributed by atoms with Crippen molar-refractivity contribution in [2.75, 3.05) is 24.2 Å². The van der Waals surface area contributed by atoms with E-state index < -0.39 is 56.5 Å². The van der Waals surface area contributed by atoms with Gasteiger partial charge in [-0.15, -0.1) is 0 Å².